The second-order valence-corrected chi connectivity index (χ2v) is 8.08. The van der Waals surface area contributed by atoms with Crippen LogP contribution in [0.25, 0.3) is 10.9 Å². The zero-order chi connectivity index (χ0) is 24.1. The van der Waals surface area contributed by atoms with Gasteiger partial charge in [-0.25, -0.2) is 9.97 Å². The third-order valence-corrected chi connectivity index (χ3v) is 5.04. The van der Waals surface area contributed by atoms with Gasteiger partial charge < -0.3 is 10.1 Å². The molecule has 0 bridgehead atoms. The van der Waals surface area contributed by atoms with Crippen LogP contribution < -0.4 is 10.1 Å². The van der Waals surface area contributed by atoms with Crippen LogP contribution in [0.2, 0.25) is 5.02 Å². The van der Waals surface area contributed by atoms with E-state index in [1.54, 1.807) is 30.5 Å². The summed E-state index contributed by atoms with van der Waals surface area (Å²) in [5.74, 6) is 6.85. The Balaban J connectivity index is 1.61. The molecule has 0 atom stereocenters. The molecule has 0 aliphatic rings. The molecular formula is C25H20ClN5O3. The molecule has 0 radical (unpaired) electrons. The molecule has 0 aliphatic carbocycles. The molecule has 0 aliphatic heterocycles. The highest BCUT2D eigenvalue weighted by molar-refractivity contribution is 6.32. The van der Waals surface area contributed by atoms with Crippen LogP contribution in [0, 0.1) is 27.9 Å². The zero-order valence-corrected chi connectivity index (χ0v) is 19.2. The third-order valence-electron chi connectivity index (χ3n) is 4.74. The fourth-order valence-electron chi connectivity index (χ4n) is 3.13. The van der Waals surface area contributed by atoms with Gasteiger partial charge in [0.1, 0.15) is 30.1 Å². The van der Waals surface area contributed by atoms with Crippen LogP contribution in [0.3, 0.4) is 0 Å². The lowest BCUT2D eigenvalue weighted by atomic mass is 10.1. The van der Waals surface area contributed by atoms with E-state index in [0.29, 0.717) is 38.7 Å². The Labute approximate surface area is 201 Å². The van der Waals surface area contributed by atoms with E-state index in [-0.39, 0.29) is 18.2 Å². The highest BCUT2D eigenvalue weighted by Crippen LogP contribution is 2.32. The van der Waals surface area contributed by atoms with Gasteiger partial charge in [0.15, 0.2) is 0 Å². The van der Waals surface area contributed by atoms with Gasteiger partial charge in [-0.15, -0.1) is 0 Å². The first-order valence-electron chi connectivity index (χ1n) is 10.4. The van der Waals surface area contributed by atoms with Crippen molar-refractivity contribution in [1.82, 2.24) is 15.0 Å². The van der Waals surface area contributed by atoms with Crippen molar-refractivity contribution in [2.75, 3.05) is 5.32 Å². The molecule has 0 fully saturated rings. The first-order valence-corrected chi connectivity index (χ1v) is 10.8. The number of ether oxygens (including phenoxy) is 1. The Morgan fingerprint density at radius 1 is 1.15 bits per heavy atom. The Kier molecular flexibility index (Phi) is 6.85. The first-order chi connectivity index (χ1) is 16.4. The number of rotatable bonds is 6. The van der Waals surface area contributed by atoms with Crippen molar-refractivity contribution < 1.29 is 9.66 Å². The van der Waals surface area contributed by atoms with Crippen LogP contribution in [0.5, 0.6) is 5.75 Å². The van der Waals surface area contributed by atoms with Crippen LogP contribution in [-0.4, -0.2) is 19.9 Å². The summed E-state index contributed by atoms with van der Waals surface area (Å²) in [6.45, 7) is 4.13. The van der Waals surface area contributed by atoms with Gasteiger partial charge >= 0.3 is 0 Å². The van der Waals surface area contributed by atoms with Crippen molar-refractivity contribution in [3.8, 4) is 17.6 Å². The number of nitro groups is 1. The highest BCUT2D eigenvalue weighted by Gasteiger charge is 2.17. The van der Waals surface area contributed by atoms with Gasteiger partial charge in [-0.3, -0.25) is 15.1 Å². The number of anilines is 2. The number of nitrogens with zero attached hydrogens (tertiary/aromatic N) is 4. The summed E-state index contributed by atoms with van der Waals surface area (Å²) in [6.07, 6.45) is 3.09. The maximum absolute atomic E-state index is 11.7. The molecule has 1 N–H and O–H groups in total. The van der Waals surface area contributed by atoms with Gasteiger partial charge in [0, 0.05) is 29.3 Å². The van der Waals surface area contributed by atoms with E-state index in [4.69, 9.17) is 16.3 Å². The molecule has 8 nitrogen and oxygen atoms in total. The van der Waals surface area contributed by atoms with Crippen LogP contribution in [0.1, 0.15) is 25.1 Å². The minimum Gasteiger partial charge on any atom is -0.486 e. The first kappa shape index (κ1) is 23.0. The molecule has 0 saturated carbocycles. The smallest absolute Gasteiger partial charge is 0.285 e. The Hall–Kier alpha value is -4.22. The van der Waals surface area contributed by atoms with Gasteiger partial charge in [0.05, 0.1) is 21.2 Å². The number of hydrogen-bond donors (Lipinski definition) is 1. The quantitative estimate of drug-likeness (QED) is 0.210. The average Bonchev–Trinajstić information content (AvgIpc) is 2.82. The molecule has 170 valence electrons. The van der Waals surface area contributed by atoms with E-state index < -0.39 is 4.92 Å². The lowest BCUT2D eigenvalue weighted by molar-refractivity contribution is -0.385. The summed E-state index contributed by atoms with van der Waals surface area (Å²) in [5.41, 5.74) is 2.18. The van der Waals surface area contributed by atoms with Gasteiger partial charge in [-0.05, 0) is 36.4 Å². The summed E-state index contributed by atoms with van der Waals surface area (Å²) >= 11 is 6.41. The monoisotopic (exact) mass is 473 g/mol. The molecule has 0 amide bonds. The van der Waals surface area contributed by atoms with E-state index in [0.717, 1.165) is 5.69 Å². The summed E-state index contributed by atoms with van der Waals surface area (Å²) in [5, 5.41) is 15.7. The Bertz CT molecular complexity index is 1410. The number of pyridine rings is 1. The second kappa shape index (κ2) is 10.1. The molecule has 4 aromatic rings. The van der Waals surface area contributed by atoms with Crippen molar-refractivity contribution in [3.63, 3.8) is 0 Å². The lowest BCUT2D eigenvalue weighted by Gasteiger charge is -2.12. The average molecular weight is 474 g/mol. The third kappa shape index (κ3) is 5.39. The van der Waals surface area contributed by atoms with Crippen LogP contribution in [0.4, 0.5) is 17.2 Å². The van der Waals surface area contributed by atoms with Gasteiger partial charge in [0.2, 0.25) is 0 Å². The molecule has 2 aromatic carbocycles. The van der Waals surface area contributed by atoms with E-state index in [1.807, 2.05) is 32.0 Å². The standard InChI is InChI=1S/C25H20ClN5O3/c1-16(2)6-7-17-11-22-20(13-23(17)31(32)33)25(29-15-28-22)30-18-8-9-24(21(26)12-18)34-14-19-5-3-4-10-27-19/h3-5,8-13,15-16H,14H2,1-2H3,(H,28,29,30). The summed E-state index contributed by atoms with van der Waals surface area (Å²) in [7, 11) is 0. The van der Waals surface area contributed by atoms with E-state index >= 15 is 0 Å². The van der Waals surface area contributed by atoms with Gasteiger partial charge in [-0.2, -0.15) is 0 Å². The van der Waals surface area contributed by atoms with Crippen molar-refractivity contribution in [2.24, 2.45) is 5.92 Å². The molecule has 0 saturated heterocycles. The molecule has 2 heterocycles. The maximum atomic E-state index is 11.7. The number of hydrogen-bond acceptors (Lipinski definition) is 7. The normalized spacial score (nSPS) is 10.6. The highest BCUT2D eigenvalue weighted by atomic mass is 35.5. The molecule has 0 spiro atoms. The summed E-state index contributed by atoms with van der Waals surface area (Å²) in [6, 6.07) is 13.8. The number of halogens is 1. The van der Waals surface area contributed by atoms with Crippen molar-refractivity contribution >= 4 is 39.7 Å². The predicted octanol–water partition coefficient (Wildman–Crippen LogP) is 5.92. The zero-order valence-electron chi connectivity index (χ0n) is 18.4. The van der Waals surface area contributed by atoms with Crippen LogP contribution in [0.15, 0.2) is 61.1 Å². The van der Waals surface area contributed by atoms with Crippen molar-refractivity contribution in [2.45, 2.75) is 20.5 Å². The molecule has 0 unspecified atom stereocenters. The second-order valence-electron chi connectivity index (χ2n) is 7.67. The van der Waals surface area contributed by atoms with Crippen molar-refractivity contribution in [3.05, 3.63) is 87.4 Å². The van der Waals surface area contributed by atoms with Crippen LogP contribution in [-0.2, 0) is 6.61 Å². The molecule has 4 rings (SSSR count). The van der Waals surface area contributed by atoms with E-state index in [9.17, 15) is 10.1 Å². The molecule has 2 aromatic heterocycles. The predicted molar refractivity (Wildman–Crippen MR) is 131 cm³/mol. The maximum Gasteiger partial charge on any atom is 0.285 e. The molecular weight excluding hydrogens is 454 g/mol. The van der Waals surface area contributed by atoms with E-state index in [2.05, 4.69) is 32.1 Å². The topological polar surface area (TPSA) is 103 Å². The fraction of sp³-hybridized carbons (Fsp3) is 0.160. The number of nitro benzene ring substituents is 1. The number of fused-ring (bicyclic) bond motifs is 1. The van der Waals surface area contributed by atoms with Gasteiger partial charge in [-0.1, -0.05) is 43.4 Å². The van der Waals surface area contributed by atoms with Gasteiger partial charge in [0.25, 0.3) is 5.69 Å². The minimum atomic E-state index is -0.453. The van der Waals surface area contributed by atoms with Crippen molar-refractivity contribution in [1.29, 1.82) is 0 Å². The number of nitrogens with one attached hydrogen (secondary N) is 1. The lowest BCUT2D eigenvalue weighted by Crippen LogP contribution is -2.00. The van der Waals surface area contributed by atoms with E-state index in [1.165, 1.54) is 12.4 Å². The summed E-state index contributed by atoms with van der Waals surface area (Å²) < 4.78 is 5.76. The number of aromatic nitrogens is 3. The summed E-state index contributed by atoms with van der Waals surface area (Å²) in [4.78, 5) is 24.0. The Morgan fingerprint density at radius 2 is 2.00 bits per heavy atom. The largest absolute Gasteiger partial charge is 0.486 e. The SMILES string of the molecule is CC(C)C#Cc1cc2ncnc(Nc3ccc(OCc4ccccn4)c(Cl)c3)c2cc1[N+](=O)[O-]. The molecule has 34 heavy (non-hydrogen) atoms. The molecule has 9 heteroatoms. The van der Waals surface area contributed by atoms with Crippen LogP contribution >= 0.6 is 11.6 Å². The minimum absolute atomic E-state index is 0.0820. The Morgan fingerprint density at radius 3 is 2.71 bits per heavy atom. The fourth-order valence-corrected chi connectivity index (χ4v) is 3.37. The number of benzene rings is 2.